The number of para-hydroxylation sites is 1. The highest BCUT2D eigenvalue weighted by Gasteiger charge is 2.17. The summed E-state index contributed by atoms with van der Waals surface area (Å²) in [6, 6.07) is 11.0. The van der Waals surface area contributed by atoms with Crippen molar-refractivity contribution in [2.45, 2.75) is 33.1 Å². The van der Waals surface area contributed by atoms with Gasteiger partial charge in [-0.2, -0.15) is 0 Å². The number of hydrogen-bond acceptors (Lipinski definition) is 3. The molecule has 1 aromatic heterocycles. The van der Waals surface area contributed by atoms with Crippen LogP contribution in [0.25, 0.3) is 0 Å². The highest BCUT2D eigenvalue weighted by molar-refractivity contribution is 6.43. The average Bonchev–Trinajstić information content (AvgIpc) is 2.56. The van der Waals surface area contributed by atoms with Gasteiger partial charge in [-0.3, -0.25) is 9.59 Å². The second-order valence-electron chi connectivity index (χ2n) is 5.53. The van der Waals surface area contributed by atoms with E-state index in [4.69, 9.17) is 0 Å². The van der Waals surface area contributed by atoms with Gasteiger partial charge in [-0.05, 0) is 42.5 Å². The van der Waals surface area contributed by atoms with Gasteiger partial charge in [0.05, 0.1) is 0 Å². The van der Waals surface area contributed by atoms with Crippen molar-refractivity contribution in [1.29, 1.82) is 0 Å². The van der Waals surface area contributed by atoms with Gasteiger partial charge >= 0.3 is 11.8 Å². The summed E-state index contributed by atoms with van der Waals surface area (Å²) in [5.74, 6) is -0.789. The highest BCUT2D eigenvalue weighted by atomic mass is 16.2. The van der Waals surface area contributed by atoms with Crippen molar-refractivity contribution < 1.29 is 9.59 Å². The molecule has 0 aliphatic rings. The molecule has 1 heterocycles. The first-order valence-corrected chi connectivity index (χ1v) is 7.65. The molecule has 1 atom stereocenters. The Bertz CT molecular complexity index is 696. The van der Waals surface area contributed by atoms with Crippen molar-refractivity contribution in [3.8, 4) is 0 Å². The fraction of sp³-hybridized carbons (Fsp3) is 0.278. The van der Waals surface area contributed by atoms with Crippen molar-refractivity contribution in [2.24, 2.45) is 0 Å². The number of amides is 2. The number of rotatable bonds is 4. The van der Waals surface area contributed by atoms with Crippen LogP contribution in [0.3, 0.4) is 0 Å². The van der Waals surface area contributed by atoms with Gasteiger partial charge in [0.25, 0.3) is 0 Å². The molecule has 0 spiro atoms. The number of aromatic nitrogens is 1. The molecule has 0 saturated heterocycles. The van der Waals surface area contributed by atoms with Crippen LogP contribution in [0.2, 0.25) is 0 Å². The normalized spacial score (nSPS) is 11.6. The summed E-state index contributed by atoms with van der Waals surface area (Å²) >= 11 is 0. The van der Waals surface area contributed by atoms with Crippen molar-refractivity contribution >= 4 is 23.3 Å². The third kappa shape index (κ3) is 4.39. The maximum absolute atomic E-state index is 12.1. The largest absolute Gasteiger partial charge is 0.318 e. The minimum Gasteiger partial charge on any atom is -0.318 e. The van der Waals surface area contributed by atoms with E-state index in [-0.39, 0.29) is 0 Å². The first-order chi connectivity index (χ1) is 11.0. The predicted octanol–water partition coefficient (Wildman–Crippen LogP) is 3.48. The van der Waals surface area contributed by atoms with Crippen LogP contribution in [0.5, 0.6) is 0 Å². The maximum Gasteiger partial charge on any atom is 0.315 e. The number of aryl methyl sites for hydroxylation is 1. The topological polar surface area (TPSA) is 71.1 Å². The van der Waals surface area contributed by atoms with Crippen LogP contribution in [0.1, 0.15) is 37.3 Å². The van der Waals surface area contributed by atoms with Crippen molar-refractivity contribution in [2.75, 3.05) is 10.6 Å². The summed E-state index contributed by atoms with van der Waals surface area (Å²) < 4.78 is 0. The van der Waals surface area contributed by atoms with E-state index in [0.717, 1.165) is 17.5 Å². The zero-order chi connectivity index (χ0) is 16.8. The van der Waals surface area contributed by atoms with Crippen LogP contribution < -0.4 is 10.6 Å². The van der Waals surface area contributed by atoms with E-state index >= 15 is 0 Å². The minimum atomic E-state index is -0.736. The van der Waals surface area contributed by atoms with Crippen LogP contribution in [0.4, 0.5) is 11.5 Å². The van der Waals surface area contributed by atoms with Gasteiger partial charge in [0, 0.05) is 11.9 Å². The minimum absolute atomic E-state index is 0.299. The molecule has 0 bridgehead atoms. The molecular weight excluding hydrogens is 290 g/mol. The number of nitrogens with one attached hydrogen (secondary N) is 2. The highest BCUT2D eigenvalue weighted by Crippen LogP contribution is 2.26. The summed E-state index contributed by atoms with van der Waals surface area (Å²) in [7, 11) is 0. The third-order valence-corrected chi connectivity index (χ3v) is 3.71. The molecule has 1 unspecified atom stereocenters. The summed E-state index contributed by atoms with van der Waals surface area (Å²) in [6.07, 6.45) is 2.58. The Balaban J connectivity index is 2.07. The lowest BCUT2D eigenvalue weighted by Gasteiger charge is -2.15. The molecule has 0 aliphatic carbocycles. The fourth-order valence-electron chi connectivity index (χ4n) is 2.15. The van der Waals surface area contributed by atoms with E-state index in [0.29, 0.717) is 17.4 Å². The van der Waals surface area contributed by atoms with Gasteiger partial charge in [-0.25, -0.2) is 4.98 Å². The number of pyridine rings is 1. The number of carbonyl (C=O) groups excluding carboxylic acids is 2. The molecule has 2 rings (SSSR count). The van der Waals surface area contributed by atoms with Gasteiger partial charge in [-0.1, -0.05) is 38.1 Å². The van der Waals surface area contributed by atoms with Crippen LogP contribution >= 0.6 is 0 Å². The van der Waals surface area contributed by atoms with Crippen molar-refractivity contribution in [3.05, 3.63) is 53.7 Å². The van der Waals surface area contributed by atoms with Gasteiger partial charge < -0.3 is 10.6 Å². The fourth-order valence-corrected chi connectivity index (χ4v) is 2.15. The Kier molecular flexibility index (Phi) is 5.46. The molecule has 5 nitrogen and oxygen atoms in total. The molecule has 0 radical (unpaired) electrons. The smallest absolute Gasteiger partial charge is 0.315 e. The second-order valence-corrected chi connectivity index (χ2v) is 5.53. The van der Waals surface area contributed by atoms with Crippen molar-refractivity contribution in [3.63, 3.8) is 0 Å². The first kappa shape index (κ1) is 16.7. The van der Waals surface area contributed by atoms with Gasteiger partial charge in [-0.15, -0.1) is 0 Å². The Hall–Kier alpha value is -2.69. The number of carbonyl (C=O) groups is 2. The van der Waals surface area contributed by atoms with E-state index in [1.54, 1.807) is 18.3 Å². The molecule has 2 N–H and O–H groups in total. The van der Waals surface area contributed by atoms with Crippen LogP contribution in [-0.2, 0) is 9.59 Å². The SMILES string of the molecule is CCC(C)c1ccccc1NC(=O)C(=O)Nc1ccc(C)cn1. The van der Waals surface area contributed by atoms with Gasteiger partial charge in [0.2, 0.25) is 0 Å². The monoisotopic (exact) mass is 311 g/mol. The molecule has 2 aromatic rings. The molecule has 5 heteroatoms. The predicted molar refractivity (Wildman–Crippen MR) is 91.4 cm³/mol. The molecule has 0 fully saturated rings. The van der Waals surface area contributed by atoms with Gasteiger partial charge in [0.15, 0.2) is 0 Å². The lowest BCUT2D eigenvalue weighted by molar-refractivity contribution is -0.133. The Labute approximate surface area is 136 Å². The summed E-state index contributed by atoms with van der Waals surface area (Å²) in [5.41, 5.74) is 2.67. The van der Waals surface area contributed by atoms with E-state index < -0.39 is 11.8 Å². The summed E-state index contributed by atoms with van der Waals surface area (Å²) in [6.45, 7) is 6.07. The number of hydrogen-bond donors (Lipinski definition) is 2. The average molecular weight is 311 g/mol. The van der Waals surface area contributed by atoms with Gasteiger partial charge in [0.1, 0.15) is 5.82 Å². The molecule has 23 heavy (non-hydrogen) atoms. The van der Waals surface area contributed by atoms with E-state index in [9.17, 15) is 9.59 Å². The Morgan fingerprint density at radius 1 is 1.09 bits per heavy atom. The molecular formula is C18H21N3O2. The summed E-state index contributed by atoms with van der Waals surface area (Å²) in [4.78, 5) is 28.1. The van der Waals surface area contributed by atoms with E-state index in [2.05, 4.69) is 29.5 Å². The number of anilines is 2. The zero-order valence-electron chi connectivity index (χ0n) is 13.6. The van der Waals surface area contributed by atoms with E-state index in [1.165, 1.54) is 0 Å². The quantitative estimate of drug-likeness (QED) is 0.849. The standard InChI is InChI=1S/C18H21N3O2/c1-4-13(3)14-7-5-6-8-15(14)20-17(22)18(23)21-16-10-9-12(2)11-19-16/h5-11,13H,4H2,1-3H3,(H,20,22)(H,19,21,23). The Morgan fingerprint density at radius 2 is 1.78 bits per heavy atom. The number of benzene rings is 1. The van der Waals surface area contributed by atoms with E-state index in [1.807, 2.05) is 31.2 Å². The van der Waals surface area contributed by atoms with Crippen LogP contribution in [0, 0.1) is 6.92 Å². The molecule has 0 saturated carbocycles. The third-order valence-electron chi connectivity index (χ3n) is 3.71. The second kappa shape index (κ2) is 7.54. The van der Waals surface area contributed by atoms with Crippen molar-refractivity contribution in [1.82, 2.24) is 4.98 Å². The first-order valence-electron chi connectivity index (χ1n) is 7.65. The lowest BCUT2D eigenvalue weighted by atomic mass is 9.97. The molecule has 1 aromatic carbocycles. The zero-order valence-corrected chi connectivity index (χ0v) is 13.6. The summed E-state index contributed by atoms with van der Waals surface area (Å²) in [5, 5.41) is 5.17. The molecule has 0 aliphatic heterocycles. The number of nitrogens with zero attached hydrogens (tertiary/aromatic N) is 1. The van der Waals surface area contributed by atoms with Crippen LogP contribution in [0.15, 0.2) is 42.6 Å². The molecule has 120 valence electrons. The lowest BCUT2D eigenvalue weighted by Crippen LogP contribution is -2.29. The van der Waals surface area contributed by atoms with Crippen LogP contribution in [-0.4, -0.2) is 16.8 Å². The maximum atomic E-state index is 12.1. The molecule has 2 amide bonds. The Morgan fingerprint density at radius 3 is 2.43 bits per heavy atom.